The molecular weight excluding hydrogens is 386 g/mol. The van der Waals surface area contributed by atoms with Crippen LogP contribution in [0.4, 0.5) is 5.69 Å². The van der Waals surface area contributed by atoms with Crippen molar-refractivity contribution in [3.63, 3.8) is 0 Å². The van der Waals surface area contributed by atoms with Crippen LogP contribution in [0.1, 0.15) is 16.2 Å². The highest BCUT2D eigenvalue weighted by Gasteiger charge is 2.14. The number of carbonyl (C=O) groups excluding carboxylic acids is 1. The number of aromatic nitrogens is 1. The molecule has 27 heavy (non-hydrogen) atoms. The van der Waals surface area contributed by atoms with Gasteiger partial charge in [-0.1, -0.05) is 11.6 Å². The van der Waals surface area contributed by atoms with Crippen LogP contribution in [0.2, 0.25) is 5.02 Å². The van der Waals surface area contributed by atoms with Gasteiger partial charge in [0.15, 0.2) is 10.8 Å². The van der Waals surface area contributed by atoms with E-state index in [-0.39, 0.29) is 5.91 Å². The summed E-state index contributed by atoms with van der Waals surface area (Å²) in [6.45, 7) is 3.19. The van der Waals surface area contributed by atoms with Gasteiger partial charge >= 0.3 is 0 Å². The lowest BCUT2D eigenvalue weighted by Crippen LogP contribution is -2.19. The van der Waals surface area contributed by atoms with E-state index in [4.69, 9.17) is 20.8 Å². The van der Waals surface area contributed by atoms with Gasteiger partial charge in [-0.25, -0.2) is 4.98 Å². The van der Waals surface area contributed by atoms with Gasteiger partial charge in [0.1, 0.15) is 23.8 Å². The average Bonchev–Trinajstić information content (AvgIpc) is 3.25. The van der Waals surface area contributed by atoms with E-state index < -0.39 is 0 Å². The van der Waals surface area contributed by atoms with Crippen molar-refractivity contribution in [2.24, 2.45) is 0 Å². The van der Waals surface area contributed by atoms with Gasteiger partial charge in [-0.2, -0.15) is 0 Å². The molecule has 1 amide bonds. The number of amides is 1. The van der Waals surface area contributed by atoms with Crippen LogP contribution in [0.3, 0.4) is 0 Å². The molecule has 0 unspecified atom stereocenters. The number of nitrogens with zero attached hydrogens (tertiary/aromatic N) is 2. The second-order valence-electron chi connectivity index (χ2n) is 6.20. The number of aryl methyl sites for hydroxylation is 1. The molecule has 0 spiro atoms. The van der Waals surface area contributed by atoms with E-state index in [1.165, 1.54) is 11.3 Å². The van der Waals surface area contributed by atoms with Crippen molar-refractivity contribution in [1.82, 2.24) is 9.88 Å². The number of hydrogen-bond acceptors (Lipinski definition) is 6. The Bertz CT molecular complexity index is 936. The van der Waals surface area contributed by atoms with E-state index >= 15 is 0 Å². The first-order valence-corrected chi connectivity index (χ1v) is 9.59. The third kappa shape index (κ3) is 5.09. The minimum absolute atomic E-state index is 0.307. The average molecular weight is 406 g/mol. The quantitative estimate of drug-likeness (QED) is 0.624. The van der Waals surface area contributed by atoms with Gasteiger partial charge in [-0.3, -0.25) is 4.79 Å². The van der Waals surface area contributed by atoms with E-state index in [0.29, 0.717) is 39.5 Å². The molecule has 0 atom stereocenters. The smallest absolute Gasteiger partial charge is 0.275 e. The lowest BCUT2D eigenvalue weighted by molar-refractivity contribution is 0.102. The zero-order valence-corrected chi connectivity index (χ0v) is 16.9. The Balaban J connectivity index is 1.64. The maximum atomic E-state index is 12.4. The van der Waals surface area contributed by atoms with Crippen molar-refractivity contribution in [1.29, 1.82) is 0 Å². The SMILES string of the molecule is Cc1ccc(-c2nc(C(=O)Nc3ccc(OCCN(C)C)c(Cl)c3)cs2)o1. The van der Waals surface area contributed by atoms with Crippen molar-refractivity contribution in [3.8, 4) is 16.5 Å². The number of anilines is 1. The van der Waals surface area contributed by atoms with Crippen molar-refractivity contribution in [2.75, 3.05) is 32.6 Å². The van der Waals surface area contributed by atoms with Gasteiger partial charge < -0.3 is 19.4 Å². The van der Waals surface area contributed by atoms with Crippen molar-refractivity contribution >= 4 is 34.5 Å². The molecule has 142 valence electrons. The lowest BCUT2D eigenvalue weighted by Gasteiger charge is -2.12. The molecule has 0 bridgehead atoms. The molecule has 0 aliphatic rings. The van der Waals surface area contributed by atoms with E-state index in [1.807, 2.05) is 38.1 Å². The lowest BCUT2D eigenvalue weighted by atomic mass is 10.3. The van der Waals surface area contributed by atoms with Gasteiger partial charge in [-0.15, -0.1) is 11.3 Å². The molecule has 0 aliphatic heterocycles. The normalized spacial score (nSPS) is 11.0. The van der Waals surface area contributed by atoms with Gasteiger partial charge in [0, 0.05) is 17.6 Å². The molecule has 0 saturated carbocycles. The summed E-state index contributed by atoms with van der Waals surface area (Å²) in [4.78, 5) is 18.8. The number of carbonyl (C=O) groups is 1. The summed E-state index contributed by atoms with van der Waals surface area (Å²) in [6, 6.07) is 8.85. The molecule has 3 aromatic rings. The third-order valence-electron chi connectivity index (χ3n) is 3.67. The molecule has 1 aromatic carbocycles. The minimum Gasteiger partial charge on any atom is -0.491 e. The number of likely N-dealkylation sites (N-methyl/N-ethyl adjacent to an activating group) is 1. The van der Waals surface area contributed by atoms with Crippen molar-refractivity contribution < 1.29 is 13.9 Å². The predicted molar refractivity (Wildman–Crippen MR) is 108 cm³/mol. The van der Waals surface area contributed by atoms with Crippen LogP contribution in [0.25, 0.3) is 10.8 Å². The topological polar surface area (TPSA) is 67.6 Å². The Labute approximate surface area is 166 Å². The second kappa shape index (κ2) is 8.56. The van der Waals surface area contributed by atoms with Crippen molar-refractivity contribution in [3.05, 3.63) is 52.2 Å². The zero-order valence-electron chi connectivity index (χ0n) is 15.3. The number of furan rings is 1. The number of thiazole rings is 1. The first-order chi connectivity index (χ1) is 12.9. The largest absolute Gasteiger partial charge is 0.491 e. The van der Waals surface area contributed by atoms with Gasteiger partial charge in [-0.05, 0) is 51.4 Å². The monoisotopic (exact) mass is 405 g/mol. The number of benzene rings is 1. The molecule has 1 N–H and O–H groups in total. The predicted octanol–water partition coefficient (Wildman–Crippen LogP) is 4.56. The Morgan fingerprint density at radius 1 is 1.33 bits per heavy atom. The standard InChI is InChI=1S/C19H20ClN3O3S/c1-12-4-6-17(26-12)19-22-15(11-27-19)18(24)21-13-5-7-16(14(20)10-13)25-9-8-23(2)3/h4-7,10-11H,8-9H2,1-3H3,(H,21,24). The van der Waals surface area contributed by atoms with Gasteiger partial charge in [0.2, 0.25) is 0 Å². The Morgan fingerprint density at radius 2 is 2.15 bits per heavy atom. The van der Waals surface area contributed by atoms with Crippen molar-refractivity contribution in [2.45, 2.75) is 6.92 Å². The van der Waals surface area contributed by atoms with Crippen LogP contribution in [0, 0.1) is 6.92 Å². The van der Waals surface area contributed by atoms with Crippen LogP contribution >= 0.6 is 22.9 Å². The summed E-state index contributed by atoms with van der Waals surface area (Å²) in [5.41, 5.74) is 0.903. The number of halogens is 1. The summed E-state index contributed by atoms with van der Waals surface area (Å²) in [6.07, 6.45) is 0. The summed E-state index contributed by atoms with van der Waals surface area (Å²) < 4.78 is 11.2. The molecule has 8 heteroatoms. The highest BCUT2D eigenvalue weighted by atomic mass is 35.5. The maximum Gasteiger partial charge on any atom is 0.275 e. The molecule has 3 rings (SSSR count). The molecule has 0 radical (unpaired) electrons. The van der Waals surface area contributed by atoms with Crippen LogP contribution in [-0.2, 0) is 0 Å². The summed E-state index contributed by atoms with van der Waals surface area (Å²) in [5.74, 6) is 1.73. The van der Waals surface area contributed by atoms with E-state index in [2.05, 4.69) is 10.3 Å². The molecule has 2 heterocycles. The first-order valence-electron chi connectivity index (χ1n) is 8.33. The van der Waals surface area contributed by atoms with E-state index in [0.717, 1.165) is 12.3 Å². The summed E-state index contributed by atoms with van der Waals surface area (Å²) in [5, 5.41) is 5.60. The fraction of sp³-hybridized carbons (Fsp3) is 0.263. The van der Waals surface area contributed by atoms with Crippen LogP contribution in [-0.4, -0.2) is 43.0 Å². The molecule has 6 nitrogen and oxygen atoms in total. The van der Waals surface area contributed by atoms with E-state index in [1.54, 1.807) is 23.6 Å². The molecule has 0 fully saturated rings. The highest BCUT2D eigenvalue weighted by Crippen LogP contribution is 2.29. The molecule has 2 aromatic heterocycles. The second-order valence-corrected chi connectivity index (χ2v) is 7.46. The third-order valence-corrected chi connectivity index (χ3v) is 4.83. The fourth-order valence-electron chi connectivity index (χ4n) is 2.27. The summed E-state index contributed by atoms with van der Waals surface area (Å²) >= 11 is 7.60. The maximum absolute atomic E-state index is 12.4. The summed E-state index contributed by atoms with van der Waals surface area (Å²) in [7, 11) is 3.95. The fourth-order valence-corrected chi connectivity index (χ4v) is 3.26. The number of nitrogens with one attached hydrogen (secondary N) is 1. The van der Waals surface area contributed by atoms with Crippen LogP contribution in [0.5, 0.6) is 5.75 Å². The number of ether oxygens (including phenoxy) is 1. The first kappa shape index (κ1) is 19.4. The Kier molecular flexibility index (Phi) is 6.15. The van der Waals surface area contributed by atoms with E-state index in [9.17, 15) is 4.79 Å². The minimum atomic E-state index is -0.307. The Morgan fingerprint density at radius 3 is 2.81 bits per heavy atom. The Hall–Kier alpha value is -2.35. The number of rotatable bonds is 7. The van der Waals surface area contributed by atoms with Gasteiger partial charge in [0.05, 0.1) is 5.02 Å². The molecular formula is C19H20ClN3O3S. The number of hydrogen-bond donors (Lipinski definition) is 1. The highest BCUT2D eigenvalue weighted by molar-refractivity contribution is 7.13. The van der Waals surface area contributed by atoms with Crippen LogP contribution in [0.15, 0.2) is 40.1 Å². The van der Waals surface area contributed by atoms with Gasteiger partial charge in [0.25, 0.3) is 5.91 Å². The molecule has 0 saturated heterocycles. The van der Waals surface area contributed by atoms with Crippen LogP contribution < -0.4 is 10.1 Å². The molecule has 0 aliphatic carbocycles. The zero-order chi connectivity index (χ0) is 19.4.